The van der Waals surface area contributed by atoms with Crippen molar-refractivity contribution in [3.8, 4) is 0 Å². The van der Waals surface area contributed by atoms with Gasteiger partial charge in [-0.1, -0.05) is 0 Å². The Labute approximate surface area is 138 Å². The molecule has 1 amide bonds. The van der Waals surface area contributed by atoms with Crippen molar-refractivity contribution in [2.75, 3.05) is 33.4 Å². The van der Waals surface area contributed by atoms with Crippen LogP contribution < -0.4 is 0 Å². The highest BCUT2D eigenvalue weighted by molar-refractivity contribution is 5.77. The highest BCUT2D eigenvalue weighted by Crippen LogP contribution is 2.39. The summed E-state index contributed by atoms with van der Waals surface area (Å²) in [4.78, 5) is 21.2. The average Bonchev–Trinajstić information content (AvgIpc) is 2.99. The van der Waals surface area contributed by atoms with Crippen LogP contribution in [0.4, 0.5) is 0 Å². The number of likely N-dealkylation sites (tertiary alicyclic amines) is 2. The van der Waals surface area contributed by atoms with Gasteiger partial charge in [-0.2, -0.15) is 0 Å². The average molecular weight is 317 g/mol. The van der Waals surface area contributed by atoms with Crippen molar-refractivity contribution >= 4 is 5.91 Å². The molecule has 0 radical (unpaired) electrons. The Hall–Kier alpha value is -1.46. The molecule has 126 valence electrons. The fourth-order valence-corrected chi connectivity index (χ4v) is 4.05. The topological polar surface area (TPSA) is 45.7 Å². The van der Waals surface area contributed by atoms with Crippen molar-refractivity contribution < 1.29 is 9.53 Å². The van der Waals surface area contributed by atoms with E-state index in [0.29, 0.717) is 13.0 Å². The minimum Gasteiger partial charge on any atom is -0.384 e. The summed E-state index contributed by atoms with van der Waals surface area (Å²) in [7, 11) is 1.66. The molecule has 1 aromatic heterocycles. The van der Waals surface area contributed by atoms with Gasteiger partial charge in [0, 0.05) is 51.2 Å². The molecule has 5 nitrogen and oxygen atoms in total. The predicted octanol–water partition coefficient (Wildman–Crippen LogP) is 2.08. The molecule has 3 rings (SSSR count). The Morgan fingerprint density at radius 3 is 2.65 bits per heavy atom. The number of amides is 1. The molecule has 0 aliphatic carbocycles. The smallest absolute Gasteiger partial charge is 0.225 e. The first-order valence-corrected chi connectivity index (χ1v) is 8.64. The lowest BCUT2D eigenvalue weighted by Gasteiger charge is -2.45. The zero-order valence-electron chi connectivity index (χ0n) is 14.0. The Balaban J connectivity index is 1.57. The molecule has 1 spiro atoms. The molecule has 2 aliphatic heterocycles. The summed E-state index contributed by atoms with van der Waals surface area (Å²) in [6.45, 7) is 4.56. The highest BCUT2D eigenvalue weighted by Gasteiger charge is 2.44. The van der Waals surface area contributed by atoms with Gasteiger partial charge in [-0.15, -0.1) is 0 Å². The van der Waals surface area contributed by atoms with Gasteiger partial charge in [0.05, 0.1) is 13.0 Å². The molecule has 0 unspecified atom stereocenters. The van der Waals surface area contributed by atoms with Gasteiger partial charge in [-0.3, -0.25) is 14.7 Å². The zero-order valence-corrected chi connectivity index (χ0v) is 14.0. The third kappa shape index (κ3) is 3.72. The van der Waals surface area contributed by atoms with E-state index in [1.807, 2.05) is 12.4 Å². The van der Waals surface area contributed by atoms with Crippen molar-refractivity contribution in [3.63, 3.8) is 0 Å². The lowest BCUT2D eigenvalue weighted by molar-refractivity contribution is -0.138. The maximum Gasteiger partial charge on any atom is 0.225 e. The van der Waals surface area contributed by atoms with E-state index >= 15 is 0 Å². The van der Waals surface area contributed by atoms with E-state index in [9.17, 15) is 4.79 Å². The SMILES string of the molecule is COCCC(=O)N1CCCC12CCN(Cc1ccncc1)CC2. The Bertz CT molecular complexity index is 512. The quantitative estimate of drug-likeness (QED) is 0.834. The molecule has 2 saturated heterocycles. The van der Waals surface area contributed by atoms with Gasteiger partial charge >= 0.3 is 0 Å². The fourth-order valence-electron chi connectivity index (χ4n) is 4.05. The van der Waals surface area contributed by atoms with Crippen LogP contribution in [-0.2, 0) is 16.1 Å². The van der Waals surface area contributed by atoms with Crippen molar-refractivity contribution in [1.82, 2.24) is 14.8 Å². The molecule has 3 heterocycles. The van der Waals surface area contributed by atoms with E-state index in [2.05, 4.69) is 26.9 Å². The zero-order chi connectivity index (χ0) is 16.1. The van der Waals surface area contributed by atoms with Crippen molar-refractivity contribution in [2.24, 2.45) is 0 Å². The number of rotatable bonds is 5. The van der Waals surface area contributed by atoms with Crippen LogP contribution in [0.2, 0.25) is 0 Å². The monoisotopic (exact) mass is 317 g/mol. The van der Waals surface area contributed by atoms with Gasteiger partial charge < -0.3 is 9.64 Å². The van der Waals surface area contributed by atoms with Gasteiger partial charge in [0.1, 0.15) is 0 Å². The van der Waals surface area contributed by atoms with Crippen LogP contribution in [0.15, 0.2) is 24.5 Å². The number of hydrogen-bond donors (Lipinski definition) is 0. The van der Waals surface area contributed by atoms with Gasteiger partial charge in [0.15, 0.2) is 0 Å². The number of carbonyl (C=O) groups excluding carboxylic acids is 1. The number of piperidine rings is 1. The standard InChI is InChI=1S/C18H27N3O2/c1-23-14-5-17(22)21-11-2-6-18(21)7-12-20(13-8-18)15-16-3-9-19-10-4-16/h3-4,9-10H,2,5-8,11-15H2,1H3. The molecular weight excluding hydrogens is 290 g/mol. The summed E-state index contributed by atoms with van der Waals surface area (Å²) < 4.78 is 5.07. The molecule has 2 fully saturated rings. The molecule has 0 aromatic carbocycles. The summed E-state index contributed by atoms with van der Waals surface area (Å²) in [5.74, 6) is 0.270. The minimum absolute atomic E-state index is 0.111. The molecule has 5 heteroatoms. The largest absolute Gasteiger partial charge is 0.384 e. The van der Waals surface area contributed by atoms with Crippen LogP contribution in [0, 0.1) is 0 Å². The number of ether oxygens (including phenoxy) is 1. The second kappa shape index (κ2) is 7.41. The maximum atomic E-state index is 12.5. The Kier molecular flexibility index (Phi) is 5.28. The molecule has 0 N–H and O–H groups in total. The third-order valence-electron chi connectivity index (χ3n) is 5.36. The second-order valence-corrected chi connectivity index (χ2v) is 6.75. The van der Waals surface area contributed by atoms with Crippen LogP contribution in [0.3, 0.4) is 0 Å². The van der Waals surface area contributed by atoms with Gasteiger partial charge in [0.2, 0.25) is 5.91 Å². The van der Waals surface area contributed by atoms with E-state index in [1.165, 1.54) is 5.56 Å². The fraction of sp³-hybridized carbons (Fsp3) is 0.667. The van der Waals surface area contributed by atoms with Gasteiger partial charge in [-0.05, 0) is 43.4 Å². The normalized spacial score (nSPS) is 21.0. The van der Waals surface area contributed by atoms with Crippen molar-refractivity contribution in [1.29, 1.82) is 0 Å². The lowest BCUT2D eigenvalue weighted by Crippen LogP contribution is -2.54. The van der Waals surface area contributed by atoms with E-state index < -0.39 is 0 Å². The van der Waals surface area contributed by atoms with Crippen LogP contribution in [0.5, 0.6) is 0 Å². The molecule has 0 atom stereocenters. The number of hydrogen-bond acceptors (Lipinski definition) is 4. The summed E-state index contributed by atoms with van der Waals surface area (Å²) >= 11 is 0. The maximum absolute atomic E-state index is 12.5. The summed E-state index contributed by atoms with van der Waals surface area (Å²) in [6, 6.07) is 4.17. The first-order valence-electron chi connectivity index (χ1n) is 8.64. The lowest BCUT2D eigenvalue weighted by atomic mass is 9.84. The summed E-state index contributed by atoms with van der Waals surface area (Å²) in [5.41, 5.74) is 1.43. The van der Waals surface area contributed by atoms with Gasteiger partial charge in [0.25, 0.3) is 0 Å². The van der Waals surface area contributed by atoms with Crippen LogP contribution >= 0.6 is 0 Å². The Morgan fingerprint density at radius 1 is 1.22 bits per heavy atom. The van der Waals surface area contributed by atoms with Crippen molar-refractivity contribution in [3.05, 3.63) is 30.1 Å². The molecule has 2 aliphatic rings. The number of nitrogens with zero attached hydrogens (tertiary/aromatic N) is 3. The van der Waals surface area contributed by atoms with Crippen LogP contribution in [-0.4, -0.2) is 59.6 Å². The second-order valence-electron chi connectivity index (χ2n) is 6.75. The van der Waals surface area contributed by atoms with Crippen LogP contribution in [0.25, 0.3) is 0 Å². The summed E-state index contributed by atoms with van der Waals surface area (Å²) in [6.07, 6.45) is 8.71. The number of aromatic nitrogens is 1. The third-order valence-corrected chi connectivity index (χ3v) is 5.36. The van der Waals surface area contributed by atoms with E-state index in [-0.39, 0.29) is 11.4 Å². The molecule has 23 heavy (non-hydrogen) atoms. The minimum atomic E-state index is 0.111. The summed E-state index contributed by atoms with van der Waals surface area (Å²) in [5, 5.41) is 0. The molecule has 0 saturated carbocycles. The number of carbonyl (C=O) groups is 1. The number of methoxy groups -OCH3 is 1. The van der Waals surface area contributed by atoms with E-state index in [1.54, 1.807) is 7.11 Å². The molecule has 0 bridgehead atoms. The predicted molar refractivity (Wildman–Crippen MR) is 88.9 cm³/mol. The number of pyridine rings is 1. The van der Waals surface area contributed by atoms with Crippen molar-refractivity contribution in [2.45, 2.75) is 44.2 Å². The highest BCUT2D eigenvalue weighted by atomic mass is 16.5. The van der Waals surface area contributed by atoms with E-state index in [0.717, 1.165) is 51.9 Å². The molecule has 1 aromatic rings. The molecular formula is C18H27N3O2. The first-order chi connectivity index (χ1) is 11.2. The van der Waals surface area contributed by atoms with Crippen LogP contribution in [0.1, 0.15) is 37.7 Å². The van der Waals surface area contributed by atoms with E-state index in [4.69, 9.17) is 4.74 Å². The van der Waals surface area contributed by atoms with Gasteiger partial charge in [-0.25, -0.2) is 0 Å². The Morgan fingerprint density at radius 2 is 1.96 bits per heavy atom. The first kappa shape index (κ1) is 16.4.